The second-order valence-electron chi connectivity index (χ2n) is 3.35. The van der Waals surface area contributed by atoms with E-state index < -0.39 is 5.82 Å². The Kier molecular flexibility index (Phi) is 3.76. The quantitative estimate of drug-likeness (QED) is 0.868. The molecular weight excluding hydrogens is 264 g/mol. The van der Waals surface area contributed by atoms with Gasteiger partial charge >= 0.3 is 0 Å². The molecule has 0 aliphatic heterocycles. The number of nitrogens with zero attached hydrogens (tertiary/aromatic N) is 2. The summed E-state index contributed by atoms with van der Waals surface area (Å²) in [5.41, 5.74) is 1.55. The standard InChI is InChI=1S/C11H8Cl2FN3/c12-9-1-8(2-10(13)11(9)14)17-5-7-3-15-6-16-4-7/h1-4,6,17H,5H2. The molecule has 6 heteroatoms. The van der Waals surface area contributed by atoms with Gasteiger partial charge in [0.2, 0.25) is 0 Å². The van der Waals surface area contributed by atoms with Crippen LogP contribution in [-0.2, 0) is 6.54 Å². The van der Waals surface area contributed by atoms with Crippen molar-refractivity contribution in [2.45, 2.75) is 6.54 Å². The molecule has 2 rings (SSSR count). The molecule has 1 aromatic heterocycles. The summed E-state index contributed by atoms with van der Waals surface area (Å²) in [5, 5.41) is 3.03. The van der Waals surface area contributed by atoms with E-state index >= 15 is 0 Å². The Bertz CT molecular complexity index is 496. The van der Waals surface area contributed by atoms with Crippen LogP contribution in [0.2, 0.25) is 10.0 Å². The third-order valence-corrected chi connectivity index (χ3v) is 2.64. The van der Waals surface area contributed by atoms with E-state index in [2.05, 4.69) is 15.3 Å². The molecule has 0 saturated carbocycles. The van der Waals surface area contributed by atoms with Crippen molar-refractivity contribution in [1.82, 2.24) is 9.97 Å². The molecule has 3 nitrogen and oxygen atoms in total. The summed E-state index contributed by atoms with van der Waals surface area (Å²) in [4.78, 5) is 7.77. The van der Waals surface area contributed by atoms with Gasteiger partial charge in [0.15, 0.2) is 5.82 Å². The molecule has 0 aliphatic carbocycles. The fourth-order valence-electron chi connectivity index (χ4n) is 1.28. The van der Waals surface area contributed by atoms with Gasteiger partial charge in [0.1, 0.15) is 6.33 Å². The number of hydrogen-bond acceptors (Lipinski definition) is 3. The summed E-state index contributed by atoms with van der Waals surface area (Å²) in [6.45, 7) is 0.513. The Hall–Kier alpha value is -1.39. The smallest absolute Gasteiger partial charge is 0.160 e. The summed E-state index contributed by atoms with van der Waals surface area (Å²) in [6, 6.07) is 2.96. The van der Waals surface area contributed by atoms with Crippen LogP contribution >= 0.6 is 23.2 Å². The van der Waals surface area contributed by atoms with E-state index in [9.17, 15) is 4.39 Å². The van der Waals surface area contributed by atoms with Crippen LogP contribution in [0.25, 0.3) is 0 Å². The summed E-state index contributed by atoms with van der Waals surface area (Å²) in [5.74, 6) is -0.609. The van der Waals surface area contributed by atoms with E-state index in [-0.39, 0.29) is 10.0 Å². The lowest BCUT2D eigenvalue weighted by Crippen LogP contribution is -2.00. The van der Waals surface area contributed by atoms with Gasteiger partial charge in [-0.2, -0.15) is 0 Å². The summed E-state index contributed by atoms with van der Waals surface area (Å²) < 4.78 is 13.2. The molecule has 0 atom stereocenters. The van der Waals surface area contributed by atoms with Crippen molar-refractivity contribution in [2.75, 3.05) is 5.32 Å². The molecule has 2 aromatic rings. The van der Waals surface area contributed by atoms with Gasteiger partial charge in [-0.1, -0.05) is 23.2 Å². The summed E-state index contributed by atoms with van der Waals surface area (Å²) in [6.07, 6.45) is 4.83. The molecule has 88 valence electrons. The highest BCUT2D eigenvalue weighted by molar-refractivity contribution is 6.35. The number of anilines is 1. The highest BCUT2D eigenvalue weighted by atomic mass is 35.5. The van der Waals surface area contributed by atoms with Crippen LogP contribution in [-0.4, -0.2) is 9.97 Å². The van der Waals surface area contributed by atoms with Crippen LogP contribution in [0.4, 0.5) is 10.1 Å². The minimum atomic E-state index is -0.609. The molecule has 1 N–H and O–H groups in total. The molecule has 0 unspecified atom stereocenters. The van der Waals surface area contributed by atoms with Crippen LogP contribution < -0.4 is 5.32 Å². The van der Waals surface area contributed by atoms with Crippen LogP contribution in [0, 0.1) is 5.82 Å². The lowest BCUT2D eigenvalue weighted by Gasteiger charge is -2.07. The third-order valence-electron chi connectivity index (χ3n) is 2.09. The van der Waals surface area contributed by atoms with E-state index in [0.717, 1.165) is 5.56 Å². The first-order valence-corrected chi connectivity index (χ1v) is 5.54. The van der Waals surface area contributed by atoms with E-state index in [1.165, 1.54) is 18.5 Å². The summed E-state index contributed by atoms with van der Waals surface area (Å²) >= 11 is 11.4. The maximum absolute atomic E-state index is 13.2. The predicted octanol–water partition coefficient (Wildman–Crippen LogP) is 3.53. The fraction of sp³-hybridized carbons (Fsp3) is 0.0909. The average molecular weight is 272 g/mol. The lowest BCUT2D eigenvalue weighted by molar-refractivity contribution is 0.629. The van der Waals surface area contributed by atoms with Gasteiger partial charge in [-0.3, -0.25) is 0 Å². The first-order valence-electron chi connectivity index (χ1n) is 4.79. The Morgan fingerprint density at radius 3 is 2.29 bits per heavy atom. The normalized spacial score (nSPS) is 10.3. The van der Waals surface area contributed by atoms with Crippen molar-refractivity contribution in [3.05, 3.63) is 52.3 Å². The largest absolute Gasteiger partial charge is 0.381 e. The Balaban J connectivity index is 2.10. The zero-order valence-electron chi connectivity index (χ0n) is 8.62. The Morgan fingerprint density at radius 2 is 1.71 bits per heavy atom. The van der Waals surface area contributed by atoms with Crippen molar-refractivity contribution in [2.24, 2.45) is 0 Å². The first-order chi connectivity index (χ1) is 8.16. The van der Waals surface area contributed by atoms with E-state index in [0.29, 0.717) is 12.2 Å². The molecule has 17 heavy (non-hydrogen) atoms. The first kappa shape index (κ1) is 12.1. The number of benzene rings is 1. The maximum atomic E-state index is 13.2. The van der Waals surface area contributed by atoms with Gasteiger partial charge in [0.05, 0.1) is 10.0 Å². The van der Waals surface area contributed by atoms with Gasteiger partial charge in [-0.05, 0) is 12.1 Å². The average Bonchev–Trinajstić information content (AvgIpc) is 2.34. The van der Waals surface area contributed by atoms with Gasteiger partial charge in [-0.15, -0.1) is 0 Å². The van der Waals surface area contributed by atoms with Crippen LogP contribution in [0.1, 0.15) is 5.56 Å². The molecule has 1 heterocycles. The van der Waals surface area contributed by atoms with Crippen LogP contribution in [0.15, 0.2) is 30.9 Å². The van der Waals surface area contributed by atoms with E-state index in [4.69, 9.17) is 23.2 Å². The topological polar surface area (TPSA) is 37.8 Å². The van der Waals surface area contributed by atoms with Crippen molar-refractivity contribution in [3.63, 3.8) is 0 Å². The molecule has 0 bridgehead atoms. The van der Waals surface area contributed by atoms with Crippen molar-refractivity contribution in [1.29, 1.82) is 0 Å². The zero-order chi connectivity index (χ0) is 12.3. The molecular formula is C11H8Cl2FN3. The molecule has 0 spiro atoms. The highest BCUT2D eigenvalue weighted by Crippen LogP contribution is 2.27. The van der Waals surface area contributed by atoms with Crippen LogP contribution in [0.5, 0.6) is 0 Å². The monoisotopic (exact) mass is 271 g/mol. The molecule has 0 saturated heterocycles. The SMILES string of the molecule is Fc1c(Cl)cc(NCc2cncnc2)cc1Cl. The van der Waals surface area contributed by atoms with Crippen LogP contribution in [0.3, 0.4) is 0 Å². The van der Waals surface area contributed by atoms with Gasteiger partial charge in [-0.25, -0.2) is 14.4 Å². The molecule has 0 radical (unpaired) electrons. The molecule has 0 fully saturated rings. The number of hydrogen-bond donors (Lipinski definition) is 1. The van der Waals surface area contributed by atoms with Crippen molar-refractivity contribution in [3.8, 4) is 0 Å². The number of aromatic nitrogens is 2. The van der Waals surface area contributed by atoms with Crippen molar-refractivity contribution < 1.29 is 4.39 Å². The third kappa shape index (κ3) is 3.05. The highest BCUT2D eigenvalue weighted by Gasteiger charge is 2.07. The second kappa shape index (κ2) is 5.29. The Labute approximate surface area is 108 Å². The lowest BCUT2D eigenvalue weighted by atomic mass is 10.3. The molecule has 0 amide bonds. The molecule has 0 aliphatic rings. The van der Waals surface area contributed by atoms with Gasteiger partial charge in [0.25, 0.3) is 0 Å². The second-order valence-corrected chi connectivity index (χ2v) is 4.17. The van der Waals surface area contributed by atoms with E-state index in [1.807, 2.05) is 0 Å². The van der Waals surface area contributed by atoms with Gasteiger partial charge in [0, 0.05) is 30.2 Å². The maximum Gasteiger partial charge on any atom is 0.160 e. The zero-order valence-corrected chi connectivity index (χ0v) is 10.1. The minimum absolute atomic E-state index is 0.00990. The summed E-state index contributed by atoms with van der Waals surface area (Å²) in [7, 11) is 0. The number of rotatable bonds is 3. The fourth-order valence-corrected chi connectivity index (χ4v) is 1.77. The number of halogens is 3. The molecule has 1 aromatic carbocycles. The van der Waals surface area contributed by atoms with E-state index in [1.54, 1.807) is 12.4 Å². The minimum Gasteiger partial charge on any atom is -0.381 e. The number of nitrogens with one attached hydrogen (secondary N) is 1. The Morgan fingerprint density at radius 1 is 1.12 bits per heavy atom. The predicted molar refractivity (Wildman–Crippen MR) is 65.8 cm³/mol. The van der Waals surface area contributed by atoms with Gasteiger partial charge < -0.3 is 5.32 Å². The van der Waals surface area contributed by atoms with Crippen molar-refractivity contribution >= 4 is 28.9 Å².